The molecule has 0 aliphatic heterocycles. The Kier molecular flexibility index (Phi) is 6.58. The zero-order chi connectivity index (χ0) is 24.6. The van der Waals surface area contributed by atoms with Crippen molar-refractivity contribution in [3.05, 3.63) is 72.5 Å². The second-order valence-electron chi connectivity index (χ2n) is 8.19. The molecule has 3 heterocycles. The number of carbonyl (C=O) groups excluding carboxylic acids is 1. The Hall–Kier alpha value is -3.44. The molecule has 176 valence electrons. The molecule has 34 heavy (non-hydrogen) atoms. The minimum atomic E-state index is -0.823. The van der Waals surface area contributed by atoms with Crippen molar-refractivity contribution in [3.8, 4) is 11.1 Å². The van der Waals surface area contributed by atoms with Gasteiger partial charge in [-0.15, -0.1) is 11.3 Å². The number of nitrogens with two attached hydrogens (primary N) is 1. The minimum Gasteiger partial charge on any atom is -0.384 e. The maximum absolute atomic E-state index is 13.1. The molecule has 0 saturated carbocycles. The first kappa shape index (κ1) is 23.7. The van der Waals surface area contributed by atoms with Crippen LogP contribution in [0.4, 0.5) is 5.82 Å². The molecule has 11 heteroatoms. The van der Waals surface area contributed by atoms with E-state index in [1.807, 2.05) is 49.6 Å². The van der Waals surface area contributed by atoms with Crippen LogP contribution in [0.5, 0.6) is 0 Å². The van der Waals surface area contributed by atoms with Gasteiger partial charge in [0, 0.05) is 24.5 Å². The topological polar surface area (TPSA) is 133 Å². The number of nitrogens with one attached hydrogen (secondary N) is 1. The summed E-state index contributed by atoms with van der Waals surface area (Å²) in [5, 5.41) is 2.76. The molecule has 0 fully saturated rings. The number of aromatic amines is 1. The summed E-state index contributed by atoms with van der Waals surface area (Å²) in [5.41, 5.74) is 5.82. The molecule has 4 rings (SSSR count). The van der Waals surface area contributed by atoms with Gasteiger partial charge in [-0.1, -0.05) is 55.9 Å². The lowest BCUT2D eigenvalue weighted by Gasteiger charge is -2.14. The number of H-pyrrole nitrogens is 1. The molecule has 3 N–H and O–H groups in total. The first-order chi connectivity index (χ1) is 16.2. The average Bonchev–Trinajstić information content (AvgIpc) is 3.22. The smallest absolute Gasteiger partial charge is 0.329 e. The van der Waals surface area contributed by atoms with E-state index >= 15 is 0 Å². The summed E-state index contributed by atoms with van der Waals surface area (Å²) < 4.78 is 2.59. The summed E-state index contributed by atoms with van der Waals surface area (Å²) in [5.74, 6) is -0.793. The van der Waals surface area contributed by atoms with Crippen LogP contribution in [-0.2, 0) is 13.6 Å². The van der Waals surface area contributed by atoms with Crippen molar-refractivity contribution in [2.24, 2.45) is 13.0 Å². The third kappa shape index (κ3) is 4.36. The van der Waals surface area contributed by atoms with E-state index in [4.69, 9.17) is 5.73 Å². The Bertz CT molecular complexity index is 1560. The number of ketones is 1. The number of thiophene rings is 1. The van der Waals surface area contributed by atoms with Gasteiger partial charge in [0.25, 0.3) is 11.1 Å². The zero-order valence-corrected chi connectivity index (χ0v) is 20.5. The summed E-state index contributed by atoms with van der Waals surface area (Å²) in [6, 6.07) is 9.59. The van der Waals surface area contributed by atoms with Gasteiger partial charge in [0.15, 0.2) is 10.9 Å². The van der Waals surface area contributed by atoms with E-state index in [0.717, 1.165) is 22.9 Å². The van der Waals surface area contributed by atoms with Gasteiger partial charge in [-0.25, -0.2) is 9.78 Å². The summed E-state index contributed by atoms with van der Waals surface area (Å²) in [7, 11) is 1.60. The van der Waals surface area contributed by atoms with E-state index in [2.05, 4.69) is 9.97 Å². The van der Waals surface area contributed by atoms with Gasteiger partial charge in [0.1, 0.15) is 16.2 Å². The third-order valence-corrected chi connectivity index (χ3v) is 7.16. The predicted octanol–water partition coefficient (Wildman–Crippen LogP) is 2.73. The van der Waals surface area contributed by atoms with Crippen LogP contribution in [0.15, 0.2) is 55.3 Å². The minimum absolute atomic E-state index is 0.0836. The number of hydrogen-bond acceptors (Lipinski definition) is 8. The van der Waals surface area contributed by atoms with Crippen LogP contribution in [-0.4, -0.2) is 30.6 Å². The molecule has 9 nitrogen and oxygen atoms in total. The van der Waals surface area contributed by atoms with Crippen LogP contribution in [0.25, 0.3) is 21.3 Å². The molecule has 0 radical (unpaired) electrons. The first-order valence-corrected chi connectivity index (χ1v) is 12.4. The van der Waals surface area contributed by atoms with Crippen molar-refractivity contribution in [3.63, 3.8) is 0 Å². The number of nitrogen functional groups attached to an aromatic ring is 1. The lowest BCUT2D eigenvalue weighted by atomic mass is 10.1. The van der Waals surface area contributed by atoms with Gasteiger partial charge in [-0.2, -0.15) is 0 Å². The van der Waals surface area contributed by atoms with E-state index in [-0.39, 0.29) is 35.2 Å². The molecule has 0 atom stereocenters. The highest BCUT2D eigenvalue weighted by Crippen LogP contribution is 2.32. The molecule has 0 bridgehead atoms. The van der Waals surface area contributed by atoms with Crippen molar-refractivity contribution >= 4 is 44.9 Å². The number of fused-ring (bicyclic) bond motifs is 1. The maximum atomic E-state index is 13.1. The molecular formula is C23H23N5O4S2. The maximum Gasteiger partial charge on any atom is 0.329 e. The fraction of sp³-hybridized carbons (Fsp3) is 0.261. The third-order valence-electron chi connectivity index (χ3n) is 5.26. The number of benzene rings is 1. The Labute approximate surface area is 202 Å². The van der Waals surface area contributed by atoms with Gasteiger partial charge in [0.2, 0.25) is 0 Å². The van der Waals surface area contributed by atoms with E-state index in [1.54, 1.807) is 7.05 Å². The second-order valence-corrected chi connectivity index (χ2v) is 9.99. The molecule has 3 aromatic heterocycles. The van der Waals surface area contributed by atoms with E-state index in [9.17, 15) is 19.2 Å². The van der Waals surface area contributed by atoms with Crippen LogP contribution in [0.1, 0.15) is 24.2 Å². The van der Waals surface area contributed by atoms with Crippen LogP contribution in [0.3, 0.4) is 0 Å². The Morgan fingerprint density at radius 3 is 2.59 bits per heavy atom. The number of carbonyl (C=O) groups is 1. The fourth-order valence-corrected chi connectivity index (χ4v) is 5.45. The quantitative estimate of drug-likeness (QED) is 0.228. The highest BCUT2D eigenvalue weighted by atomic mass is 32.2. The molecule has 0 aliphatic rings. The van der Waals surface area contributed by atoms with Gasteiger partial charge in [-0.05, 0) is 11.5 Å². The molecule has 0 unspecified atom stereocenters. The predicted molar refractivity (Wildman–Crippen MR) is 136 cm³/mol. The van der Waals surface area contributed by atoms with Gasteiger partial charge in [-0.3, -0.25) is 28.5 Å². The van der Waals surface area contributed by atoms with Crippen LogP contribution in [0.2, 0.25) is 0 Å². The van der Waals surface area contributed by atoms with Crippen molar-refractivity contribution in [2.45, 2.75) is 25.5 Å². The summed E-state index contributed by atoms with van der Waals surface area (Å²) in [6.45, 7) is 4.05. The SMILES string of the molecule is CC(C)Cn1c(N)c(C(=O)CSc2nc3scc(-c4ccccc4)c3c(=O)n2C)c(=O)[nH]c1=O. The number of anilines is 1. The zero-order valence-electron chi connectivity index (χ0n) is 18.8. The molecular weight excluding hydrogens is 474 g/mol. The van der Waals surface area contributed by atoms with Crippen molar-refractivity contribution in [1.29, 1.82) is 0 Å². The molecule has 1 aromatic carbocycles. The Balaban J connectivity index is 1.66. The number of nitrogens with zero attached hydrogens (tertiary/aromatic N) is 3. The second kappa shape index (κ2) is 9.43. The lowest BCUT2D eigenvalue weighted by Crippen LogP contribution is -2.37. The number of hydrogen-bond donors (Lipinski definition) is 2. The largest absolute Gasteiger partial charge is 0.384 e. The van der Waals surface area contributed by atoms with Crippen LogP contribution < -0.4 is 22.5 Å². The fourth-order valence-electron chi connectivity index (χ4n) is 3.62. The molecule has 0 aliphatic carbocycles. The lowest BCUT2D eigenvalue weighted by molar-refractivity contribution is 0.102. The highest BCUT2D eigenvalue weighted by Gasteiger charge is 2.22. The summed E-state index contributed by atoms with van der Waals surface area (Å²) in [4.78, 5) is 57.8. The van der Waals surface area contributed by atoms with Crippen molar-refractivity contribution < 1.29 is 4.79 Å². The number of Topliss-reactive ketones (excluding diaryl/α,β-unsaturated/α-hetero) is 1. The number of aromatic nitrogens is 4. The Morgan fingerprint density at radius 1 is 1.21 bits per heavy atom. The summed E-state index contributed by atoms with van der Waals surface area (Å²) >= 11 is 2.39. The van der Waals surface area contributed by atoms with E-state index in [0.29, 0.717) is 15.4 Å². The number of rotatable bonds is 7. The molecule has 0 saturated heterocycles. The molecule has 4 aromatic rings. The monoisotopic (exact) mass is 497 g/mol. The van der Waals surface area contributed by atoms with E-state index in [1.165, 1.54) is 20.5 Å². The normalized spacial score (nSPS) is 11.4. The average molecular weight is 498 g/mol. The molecule has 0 spiro atoms. The highest BCUT2D eigenvalue weighted by molar-refractivity contribution is 7.99. The van der Waals surface area contributed by atoms with Gasteiger partial charge in [0.05, 0.1) is 11.1 Å². The van der Waals surface area contributed by atoms with Crippen LogP contribution >= 0.6 is 23.1 Å². The van der Waals surface area contributed by atoms with E-state index < -0.39 is 17.0 Å². The Morgan fingerprint density at radius 2 is 1.91 bits per heavy atom. The van der Waals surface area contributed by atoms with Gasteiger partial charge >= 0.3 is 5.69 Å². The van der Waals surface area contributed by atoms with Gasteiger partial charge < -0.3 is 5.73 Å². The first-order valence-electron chi connectivity index (χ1n) is 10.5. The summed E-state index contributed by atoms with van der Waals surface area (Å²) in [6.07, 6.45) is 0. The van der Waals surface area contributed by atoms with Crippen molar-refractivity contribution in [1.82, 2.24) is 19.1 Å². The van der Waals surface area contributed by atoms with Crippen LogP contribution in [0, 0.1) is 5.92 Å². The number of thioether (sulfide) groups is 1. The molecule has 0 amide bonds. The van der Waals surface area contributed by atoms with Crippen molar-refractivity contribution in [2.75, 3.05) is 11.5 Å². The standard InChI is InChI=1S/C23H23N5O4S2/c1-12(2)9-28-18(24)17(19(30)25-22(28)32)15(29)11-34-23-26-20-16(21(31)27(23)3)14(10-33-20)13-7-5-4-6-8-13/h4-8,10,12H,9,11,24H2,1-3H3,(H,25,30,32).